The van der Waals surface area contributed by atoms with Crippen molar-refractivity contribution in [1.29, 1.82) is 0 Å². The predicted molar refractivity (Wildman–Crippen MR) is 188 cm³/mol. The van der Waals surface area contributed by atoms with Crippen molar-refractivity contribution in [2.24, 2.45) is 10.8 Å². The summed E-state index contributed by atoms with van der Waals surface area (Å²) in [6, 6.07) is 13.1. The Bertz CT molecular complexity index is 2020. The highest BCUT2D eigenvalue weighted by molar-refractivity contribution is 6.04. The molecule has 2 aliphatic carbocycles. The summed E-state index contributed by atoms with van der Waals surface area (Å²) < 4.78 is 51.2. The zero-order valence-corrected chi connectivity index (χ0v) is 28.2. The van der Waals surface area contributed by atoms with E-state index >= 15 is 4.39 Å². The van der Waals surface area contributed by atoms with E-state index in [4.69, 9.17) is 21.1 Å². The van der Waals surface area contributed by atoms with Crippen molar-refractivity contribution in [3.8, 4) is 35.2 Å². The summed E-state index contributed by atoms with van der Waals surface area (Å²) in [5.74, 6) is 0.365. The minimum Gasteiger partial charge on any atom is -0.508 e. The number of nitrogens with one attached hydrogen (secondary N) is 1. The lowest BCUT2D eigenvalue weighted by molar-refractivity contribution is -0.0650. The fourth-order valence-corrected chi connectivity index (χ4v) is 9.29. The van der Waals surface area contributed by atoms with Gasteiger partial charge in [0, 0.05) is 78.4 Å². The van der Waals surface area contributed by atoms with Crippen LogP contribution in [0.5, 0.6) is 11.8 Å². The number of rotatable bonds is 7. The molecule has 1 aromatic heterocycles. The molecule has 4 heterocycles. The lowest BCUT2D eigenvalue weighted by Gasteiger charge is -2.37. The Kier molecular flexibility index (Phi) is 7.49. The Morgan fingerprint density at radius 1 is 0.960 bits per heavy atom. The van der Waals surface area contributed by atoms with Crippen LogP contribution in [0.2, 0.25) is 0 Å². The molecule has 10 heteroatoms. The topological polar surface area (TPSA) is 73.8 Å². The number of hydrogen-bond acceptors (Lipinski definition) is 7. The normalized spacial score (nSPS) is 25.0. The van der Waals surface area contributed by atoms with Crippen LogP contribution in [0.4, 0.5) is 19.0 Å². The zero-order valence-electron chi connectivity index (χ0n) is 28.2. The lowest BCUT2D eigenvalue weighted by Crippen LogP contribution is -2.51. The highest BCUT2D eigenvalue weighted by Crippen LogP contribution is 2.52. The van der Waals surface area contributed by atoms with Gasteiger partial charge in [-0.2, -0.15) is 9.97 Å². The summed E-state index contributed by atoms with van der Waals surface area (Å²) in [6.45, 7) is 4.59. The first kappa shape index (κ1) is 31.9. The number of fused-ring (bicyclic) bond motifs is 4. The molecule has 5 aliphatic rings. The molecule has 5 fully saturated rings. The van der Waals surface area contributed by atoms with Gasteiger partial charge in [-0.05, 0) is 92.1 Å². The number of terminal acetylenes is 1. The van der Waals surface area contributed by atoms with Gasteiger partial charge in [0.1, 0.15) is 17.1 Å². The number of hydrogen-bond donors (Lipinski definition) is 2. The highest BCUT2D eigenvalue weighted by atomic mass is 19.3. The number of halogens is 3. The van der Waals surface area contributed by atoms with Gasteiger partial charge >= 0.3 is 6.01 Å². The average molecular weight is 682 g/mol. The number of anilines is 1. The standard InChI is InChI=1S/C40H42F3N5O2/c1-2-25-4-3-5-26-18-29(49)19-32(33(25)26)30-8-9-31-35(34(30)41)45-37(46-36(31)48-20-27-6-7-28(21-48)44-27)50-24-39(10-11-39)23-47-17-16-38(22-47)12-14-40(42,43)15-13-38/h1,3-5,8-9,18-19,27-28,44,49H,6-7,10-17,20-24H2. The highest BCUT2D eigenvalue weighted by Gasteiger charge is 2.50. The molecular weight excluding hydrogens is 639 g/mol. The summed E-state index contributed by atoms with van der Waals surface area (Å²) in [5, 5.41) is 16.3. The summed E-state index contributed by atoms with van der Waals surface area (Å²) in [4.78, 5) is 14.3. The van der Waals surface area contributed by atoms with Crippen LogP contribution in [0, 0.1) is 29.0 Å². The maximum atomic E-state index is 17.0. The van der Waals surface area contributed by atoms with E-state index in [2.05, 4.69) is 21.0 Å². The van der Waals surface area contributed by atoms with Crippen LogP contribution >= 0.6 is 0 Å². The first-order chi connectivity index (χ1) is 24.1. The molecule has 0 radical (unpaired) electrons. The number of phenols is 1. The molecule has 3 saturated heterocycles. The molecule has 50 heavy (non-hydrogen) atoms. The Morgan fingerprint density at radius 3 is 2.48 bits per heavy atom. The smallest absolute Gasteiger partial charge is 0.319 e. The van der Waals surface area contributed by atoms with E-state index in [9.17, 15) is 13.9 Å². The summed E-state index contributed by atoms with van der Waals surface area (Å²) >= 11 is 0. The molecule has 9 rings (SSSR count). The number of nitrogens with zero attached hydrogens (tertiary/aromatic N) is 4. The quantitative estimate of drug-likeness (QED) is 0.199. The Hall–Kier alpha value is -4.07. The second-order valence-corrected chi connectivity index (χ2v) is 15.8. The molecule has 7 nitrogen and oxygen atoms in total. The molecule has 260 valence electrons. The second-order valence-electron chi connectivity index (χ2n) is 15.8. The van der Waals surface area contributed by atoms with Crippen molar-refractivity contribution in [3.63, 3.8) is 0 Å². The summed E-state index contributed by atoms with van der Waals surface area (Å²) in [6.07, 6.45) is 12.2. The molecule has 2 bridgehead atoms. The van der Waals surface area contributed by atoms with Crippen LogP contribution in [-0.4, -0.2) is 77.3 Å². The van der Waals surface area contributed by atoms with Crippen molar-refractivity contribution in [3.05, 3.63) is 53.8 Å². The SMILES string of the molecule is C#Cc1cccc2cc(O)cc(-c3ccc4c(N5CC6CCC(C5)N6)nc(OCC5(CN6CCC7(CCC(F)(F)CC7)C6)CC5)nc4c3F)c12. The van der Waals surface area contributed by atoms with Gasteiger partial charge in [-0.25, -0.2) is 13.2 Å². The van der Waals surface area contributed by atoms with Crippen LogP contribution in [0.3, 0.4) is 0 Å². The van der Waals surface area contributed by atoms with Crippen molar-refractivity contribution < 1.29 is 23.0 Å². The minimum absolute atomic E-state index is 0.00366. The van der Waals surface area contributed by atoms with Crippen molar-refractivity contribution in [2.45, 2.75) is 75.8 Å². The molecule has 2 atom stereocenters. The number of piperazine rings is 1. The van der Waals surface area contributed by atoms with Crippen LogP contribution in [0.25, 0.3) is 32.8 Å². The number of aromatic nitrogens is 2. The monoisotopic (exact) mass is 681 g/mol. The predicted octanol–water partition coefficient (Wildman–Crippen LogP) is 7.28. The zero-order chi connectivity index (χ0) is 34.3. The number of phenolic OH excluding ortho intramolecular Hbond substituents is 1. The molecule has 2 N–H and O–H groups in total. The summed E-state index contributed by atoms with van der Waals surface area (Å²) in [7, 11) is 0. The Labute approximate surface area is 290 Å². The molecule has 3 aromatic carbocycles. The first-order valence-corrected chi connectivity index (χ1v) is 18.1. The third kappa shape index (κ3) is 5.72. The fraction of sp³-hybridized carbons (Fsp3) is 0.500. The van der Waals surface area contributed by atoms with E-state index in [0.29, 0.717) is 64.8 Å². The van der Waals surface area contributed by atoms with E-state index in [-0.39, 0.29) is 40.9 Å². The first-order valence-electron chi connectivity index (χ1n) is 18.1. The van der Waals surface area contributed by atoms with Gasteiger partial charge in [0.2, 0.25) is 5.92 Å². The molecule has 2 saturated carbocycles. The van der Waals surface area contributed by atoms with Crippen LogP contribution in [0.15, 0.2) is 42.5 Å². The number of alkyl halides is 2. The van der Waals surface area contributed by atoms with E-state index in [1.54, 1.807) is 18.2 Å². The molecule has 3 aliphatic heterocycles. The maximum absolute atomic E-state index is 17.0. The fourth-order valence-electron chi connectivity index (χ4n) is 9.29. The molecule has 0 amide bonds. The van der Waals surface area contributed by atoms with Crippen molar-refractivity contribution in [2.75, 3.05) is 44.2 Å². The summed E-state index contributed by atoms with van der Waals surface area (Å²) in [5.41, 5.74) is 1.53. The van der Waals surface area contributed by atoms with Gasteiger partial charge in [-0.3, -0.25) is 0 Å². The number of benzene rings is 3. The third-order valence-corrected chi connectivity index (χ3v) is 12.3. The van der Waals surface area contributed by atoms with Gasteiger partial charge in [-0.15, -0.1) is 6.42 Å². The van der Waals surface area contributed by atoms with Crippen molar-refractivity contribution >= 4 is 27.5 Å². The van der Waals surface area contributed by atoms with E-state index in [1.165, 1.54) is 0 Å². The molecule has 4 aromatic rings. The van der Waals surface area contributed by atoms with Gasteiger partial charge in [0.25, 0.3) is 0 Å². The van der Waals surface area contributed by atoms with Gasteiger partial charge in [0.05, 0.1) is 6.61 Å². The second kappa shape index (κ2) is 11.7. The van der Waals surface area contributed by atoms with Crippen LogP contribution in [0.1, 0.15) is 63.4 Å². The van der Waals surface area contributed by atoms with Crippen molar-refractivity contribution in [1.82, 2.24) is 20.2 Å². The Morgan fingerprint density at radius 2 is 1.74 bits per heavy atom. The van der Waals surface area contributed by atoms with Gasteiger partial charge < -0.3 is 25.0 Å². The molecule has 1 spiro atoms. The van der Waals surface area contributed by atoms with Gasteiger partial charge in [0.15, 0.2) is 5.82 Å². The maximum Gasteiger partial charge on any atom is 0.319 e. The Balaban J connectivity index is 1.04. The number of ether oxygens (including phenoxy) is 1. The molecule has 2 unspecified atom stereocenters. The van der Waals surface area contributed by atoms with Gasteiger partial charge in [-0.1, -0.05) is 24.1 Å². The average Bonchev–Trinajstić information content (AvgIpc) is 3.64. The largest absolute Gasteiger partial charge is 0.508 e. The minimum atomic E-state index is -2.52. The van der Waals surface area contributed by atoms with E-state index < -0.39 is 11.7 Å². The van der Waals surface area contributed by atoms with Crippen LogP contribution in [-0.2, 0) is 0 Å². The number of aromatic hydroxyl groups is 1. The number of likely N-dealkylation sites (tertiary alicyclic amines) is 1. The molecular formula is C40H42F3N5O2. The van der Waals surface area contributed by atoms with E-state index in [1.807, 2.05) is 24.3 Å². The van der Waals surface area contributed by atoms with Crippen LogP contribution < -0.4 is 15.0 Å². The third-order valence-electron chi connectivity index (χ3n) is 12.3. The van der Waals surface area contributed by atoms with E-state index in [0.717, 1.165) is 70.2 Å². The lowest BCUT2D eigenvalue weighted by atomic mass is 9.72.